The van der Waals surface area contributed by atoms with Gasteiger partial charge in [-0.25, -0.2) is 0 Å². The summed E-state index contributed by atoms with van der Waals surface area (Å²) in [5.74, 6) is 3.63. The van der Waals surface area contributed by atoms with Crippen LogP contribution in [0, 0.1) is 23.7 Å². The van der Waals surface area contributed by atoms with Gasteiger partial charge < -0.3 is 5.73 Å². The molecule has 0 aromatic rings. The van der Waals surface area contributed by atoms with Gasteiger partial charge in [-0.3, -0.25) is 0 Å². The zero-order valence-electron chi connectivity index (χ0n) is 6.88. The van der Waals surface area contributed by atoms with Gasteiger partial charge in [-0.05, 0) is 36.5 Å². The molecule has 10 heavy (non-hydrogen) atoms. The standard InChI is InChI=1S/C9H17N/c1-5-3-7(5)9(10)8-4-6(8)2/h5-9H,3-4,10H2,1-2H3/t5-,6+,7-,8-,9?/m1/s1. The van der Waals surface area contributed by atoms with Crippen molar-refractivity contribution in [3.05, 3.63) is 0 Å². The molecule has 0 amide bonds. The quantitative estimate of drug-likeness (QED) is 0.618. The second-order valence-corrected chi connectivity index (χ2v) is 4.33. The lowest BCUT2D eigenvalue weighted by atomic mass is 10.1. The molecule has 1 unspecified atom stereocenters. The molecule has 1 nitrogen and oxygen atoms in total. The summed E-state index contributed by atoms with van der Waals surface area (Å²) in [6, 6.07) is 0.546. The monoisotopic (exact) mass is 139 g/mol. The molecule has 58 valence electrons. The van der Waals surface area contributed by atoms with Gasteiger partial charge in [0.15, 0.2) is 0 Å². The van der Waals surface area contributed by atoms with Crippen molar-refractivity contribution in [3.8, 4) is 0 Å². The highest BCUT2D eigenvalue weighted by Gasteiger charge is 2.47. The first kappa shape index (κ1) is 6.66. The molecule has 2 N–H and O–H groups in total. The van der Waals surface area contributed by atoms with E-state index in [1.165, 1.54) is 12.8 Å². The Morgan fingerprint density at radius 1 is 1.10 bits per heavy atom. The molecule has 0 saturated heterocycles. The molecule has 0 spiro atoms. The molecule has 2 aliphatic carbocycles. The summed E-state index contributed by atoms with van der Waals surface area (Å²) < 4.78 is 0. The fourth-order valence-corrected chi connectivity index (χ4v) is 2.09. The van der Waals surface area contributed by atoms with E-state index in [4.69, 9.17) is 5.73 Å². The fourth-order valence-electron chi connectivity index (χ4n) is 2.09. The van der Waals surface area contributed by atoms with Gasteiger partial charge in [0.1, 0.15) is 0 Å². The summed E-state index contributed by atoms with van der Waals surface area (Å²) in [4.78, 5) is 0. The lowest BCUT2D eigenvalue weighted by Crippen LogP contribution is -2.26. The Morgan fingerprint density at radius 3 is 1.60 bits per heavy atom. The SMILES string of the molecule is C[C@@H]1C[C@H]1C(N)[C@@H]1C[C@@H]1C. The van der Waals surface area contributed by atoms with Crippen LogP contribution in [0.25, 0.3) is 0 Å². The molecule has 0 aromatic heterocycles. The van der Waals surface area contributed by atoms with Crippen LogP contribution in [0.4, 0.5) is 0 Å². The van der Waals surface area contributed by atoms with Crippen molar-refractivity contribution in [2.75, 3.05) is 0 Å². The fraction of sp³-hybridized carbons (Fsp3) is 1.00. The number of hydrogen-bond acceptors (Lipinski definition) is 1. The second-order valence-electron chi connectivity index (χ2n) is 4.33. The van der Waals surface area contributed by atoms with E-state index in [0.717, 1.165) is 23.7 Å². The van der Waals surface area contributed by atoms with Crippen LogP contribution in [0.2, 0.25) is 0 Å². The number of nitrogens with two attached hydrogens (primary N) is 1. The molecule has 0 aliphatic heterocycles. The van der Waals surface area contributed by atoms with Gasteiger partial charge in [-0.15, -0.1) is 0 Å². The first-order valence-corrected chi connectivity index (χ1v) is 4.45. The Bertz CT molecular complexity index is 128. The third-order valence-electron chi connectivity index (χ3n) is 3.33. The average Bonchev–Trinajstić information content (AvgIpc) is 2.70. The van der Waals surface area contributed by atoms with E-state index in [2.05, 4.69) is 13.8 Å². The largest absolute Gasteiger partial charge is 0.327 e. The minimum atomic E-state index is 0.546. The Morgan fingerprint density at radius 2 is 1.40 bits per heavy atom. The van der Waals surface area contributed by atoms with E-state index in [9.17, 15) is 0 Å². The van der Waals surface area contributed by atoms with Gasteiger partial charge in [-0.2, -0.15) is 0 Å². The minimum Gasteiger partial charge on any atom is -0.327 e. The Labute approximate surface area is 63.0 Å². The number of rotatable bonds is 2. The van der Waals surface area contributed by atoms with Crippen molar-refractivity contribution in [1.82, 2.24) is 0 Å². The predicted octanol–water partition coefficient (Wildman–Crippen LogP) is 1.63. The van der Waals surface area contributed by atoms with Crippen LogP contribution in [0.15, 0.2) is 0 Å². The molecule has 0 aromatic carbocycles. The summed E-state index contributed by atoms with van der Waals surface area (Å²) in [5.41, 5.74) is 6.07. The van der Waals surface area contributed by atoms with E-state index in [1.807, 2.05) is 0 Å². The third-order valence-corrected chi connectivity index (χ3v) is 3.33. The lowest BCUT2D eigenvalue weighted by Gasteiger charge is -2.08. The Hall–Kier alpha value is -0.0400. The van der Waals surface area contributed by atoms with Gasteiger partial charge in [0, 0.05) is 6.04 Å². The van der Waals surface area contributed by atoms with Crippen molar-refractivity contribution in [2.45, 2.75) is 32.7 Å². The first-order valence-electron chi connectivity index (χ1n) is 4.45. The minimum absolute atomic E-state index is 0.546. The van der Waals surface area contributed by atoms with Crippen LogP contribution in [-0.4, -0.2) is 6.04 Å². The highest BCUT2D eigenvalue weighted by Crippen LogP contribution is 2.50. The Kier molecular flexibility index (Phi) is 1.31. The van der Waals surface area contributed by atoms with Gasteiger partial charge in [-0.1, -0.05) is 13.8 Å². The average molecular weight is 139 g/mol. The van der Waals surface area contributed by atoms with E-state index in [0.29, 0.717) is 6.04 Å². The molecule has 5 atom stereocenters. The third kappa shape index (κ3) is 0.968. The first-order chi connectivity index (χ1) is 4.70. The van der Waals surface area contributed by atoms with E-state index in [1.54, 1.807) is 0 Å². The summed E-state index contributed by atoms with van der Waals surface area (Å²) in [5, 5.41) is 0. The van der Waals surface area contributed by atoms with Gasteiger partial charge >= 0.3 is 0 Å². The molecule has 2 fully saturated rings. The topological polar surface area (TPSA) is 26.0 Å². The van der Waals surface area contributed by atoms with Crippen molar-refractivity contribution < 1.29 is 0 Å². The summed E-state index contributed by atoms with van der Waals surface area (Å²) in [7, 11) is 0. The summed E-state index contributed by atoms with van der Waals surface area (Å²) in [6.07, 6.45) is 2.79. The van der Waals surface area contributed by atoms with Crippen LogP contribution < -0.4 is 5.73 Å². The van der Waals surface area contributed by atoms with Crippen molar-refractivity contribution >= 4 is 0 Å². The molecule has 2 aliphatic rings. The molecule has 1 heteroatoms. The van der Waals surface area contributed by atoms with Gasteiger partial charge in [0.2, 0.25) is 0 Å². The maximum absolute atomic E-state index is 6.07. The highest BCUT2D eigenvalue weighted by molar-refractivity contribution is 5.00. The zero-order chi connectivity index (χ0) is 7.30. The smallest absolute Gasteiger partial charge is 0.0101 e. The Balaban J connectivity index is 1.83. The van der Waals surface area contributed by atoms with Crippen molar-refractivity contribution in [1.29, 1.82) is 0 Å². The maximum Gasteiger partial charge on any atom is 0.0101 e. The van der Waals surface area contributed by atoms with E-state index >= 15 is 0 Å². The maximum atomic E-state index is 6.07. The normalized spacial score (nSPS) is 54.3. The summed E-state index contributed by atoms with van der Waals surface area (Å²) >= 11 is 0. The van der Waals surface area contributed by atoms with Crippen LogP contribution in [0.3, 0.4) is 0 Å². The van der Waals surface area contributed by atoms with Gasteiger partial charge in [0.05, 0.1) is 0 Å². The van der Waals surface area contributed by atoms with Crippen LogP contribution in [0.1, 0.15) is 26.7 Å². The van der Waals surface area contributed by atoms with Crippen LogP contribution in [-0.2, 0) is 0 Å². The molecule has 0 heterocycles. The van der Waals surface area contributed by atoms with Crippen molar-refractivity contribution in [2.24, 2.45) is 29.4 Å². The predicted molar refractivity (Wildman–Crippen MR) is 42.5 cm³/mol. The van der Waals surface area contributed by atoms with Crippen LogP contribution >= 0.6 is 0 Å². The van der Waals surface area contributed by atoms with E-state index < -0.39 is 0 Å². The van der Waals surface area contributed by atoms with Crippen molar-refractivity contribution in [3.63, 3.8) is 0 Å². The molecule has 2 saturated carbocycles. The second kappa shape index (κ2) is 1.97. The molecule has 2 rings (SSSR count). The highest BCUT2D eigenvalue weighted by atomic mass is 14.8. The molecular formula is C9H17N. The zero-order valence-corrected chi connectivity index (χ0v) is 6.88. The van der Waals surface area contributed by atoms with Crippen LogP contribution in [0.5, 0.6) is 0 Å². The molecule has 0 bridgehead atoms. The summed E-state index contributed by atoms with van der Waals surface area (Å²) in [6.45, 7) is 4.63. The lowest BCUT2D eigenvalue weighted by molar-refractivity contribution is 0.485. The van der Waals surface area contributed by atoms with Gasteiger partial charge in [0.25, 0.3) is 0 Å². The molecular weight excluding hydrogens is 122 g/mol. The van der Waals surface area contributed by atoms with E-state index in [-0.39, 0.29) is 0 Å². The molecule has 0 radical (unpaired) electrons. The number of hydrogen-bond donors (Lipinski definition) is 1.